The molecule has 0 aromatic rings. The first-order valence-corrected chi connectivity index (χ1v) is 5.25. The van der Waals surface area contributed by atoms with Crippen LogP contribution in [0.15, 0.2) is 0 Å². The second-order valence-corrected chi connectivity index (χ2v) is 4.51. The molecule has 2 saturated heterocycles. The van der Waals surface area contributed by atoms with Gasteiger partial charge in [0.2, 0.25) is 0 Å². The molecule has 12 heavy (non-hydrogen) atoms. The fraction of sp³-hybridized carbons (Fsp3) is 1.00. The van der Waals surface area contributed by atoms with E-state index in [2.05, 4.69) is 17.6 Å². The molecule has 0 saturated carbocycles. The Hall–Kier alpha value is -0.0800. The smallest absolute Gasteiger partial charge is 0.00226 e. The molecule has 0 aromatic heterocycles. The van der Waals surface area contributed by atoms with Gasteiger partial charge in [0.25, 0.3) is 0 Å². The summed E-state index contributed by atoms with van der Waals surface area (Å²) < 4.78 is 0. The monoisotopic (exact) mass is 168 g/mol. The topological polar surface area (TPSA) is 24.1 Å². The summed E-state index contributed by atoms with van der Waals surface area (Å²) in [6.07, 6.45) is 4.15. The van der Waals surface area contributed by atoms with Crippen molar-refractivity contribution in [1.29, 1.82) is 0 Å². The summed E-state index contributed by atoms with van der Waals surface area (Å²) >= 11 is 0. The minimum absolute atomic E-state index is 0.594. The minimum atomic E-state index is 0.594. The lowest BCUT2D eigenvalue weighted by Crippen LogP contribution is -2.53. The summed E-state index contributed by atoms with van der Waals surface area (Å²) in [5.74, 6) is 0.909. The van der Waals surface area contributed by atoms with E-state index in [4.69, 9.17) is 0 Å². The number of hydrogen-bond donors (Lipinski definition) is 2. The molecule has 0 bridgehead atoms. The third kappa shape index (κ3) is 1.38. The van der Waals surface area contributed by atoms with Crippen LogP contribution in [-0.4, -0.2) is 26.2 Å². The van der Waals surface area contributed by atoms with Crippen LogP contribution in [0, 0.1) is 11.3 Å². The molecule has 2 aliphatic rings. The fourth-order valence-electron chi connectivity index (χ4n) is 2.70. The fourth-order valence-corrected chi connectivity index (χ4v) is 2.70. The van der Waals surface area contributed by atoms with Gasteiger partial charge in [-0.05, 0) is 43.7 Å². The molecule has 2 heteroatoms. The van der Waals surface area contributed by atoms with Crippen LogP contribution in [0.1, 0.15) is 26.2 Å². The zero-order valence-corrected chi connectivity index (χ0v) is 8.03. The molecule has 2 aliphatic heterocycles. The third-order valence-electron chi connectivity index (χ3n) is 3.78. The Bertz CT molecular complexity index is 142. The van der Waals surface area contributed by atoms with Crippen LogP contribution < -0.4 is 10.6 Å². The molecule has 2 heterocycles. The van der Waals surface area contributed by atoms with Crippen molar-refractivity contribution in [2.45, 2.75) is 26.2 Å². The van der Waals surface area contributed by atoms with Gasteiger partial charge >= 0.3 is 0 Å². The molecule has 2 nitrogen and oxygen atoms in total. The van der Waals surface area contributed by atoms with Gasteiger partial charge in [0, 0.05) is 13.1 Å². The highest BCUT2D eigenvalue weighted by Gasteiger charge is 2.38. The molecule has 1 spiro atoms. The van der Waals surface area contributed by atoms with Crippen LogP contribution in [0.4, 0.5) is 0 Å². The lowest BCUT2D eigenvalue weighted by Gasteiger charge is -2.46. The van der Waals surface area contributed by atoms with E-state index in [9.17, 15) is 0 Å². The molecule has 2 atom stereocenters. The Morgan fingerprint density at radius 2 is 1.92 bits per heavy atom. The summed E-state index contributed by atoms with van der Waals surface area (Å²) in [5, 5.41) is 7.07. The molecule has 0 unspecified atom stereocenters. The van der Waals surface area contributed by atoms with E-state index in [0.717, 1.165) is 5.92 Å². The predicted molar refractivity (Wildman–Crippen MR) is 51.2 cm³/mol. The minimum Gasteiger partial charge on any atom is -0.316 e. The summed E-state index contributed by atoms with van der Waals surface area (Å²) in [6.45, 7) is 7.35. The maximum absolute atomic E-state index is 3.54. The zero-order chi connectivity index (χ0) is 8.44. The lowest BCUT2D eigenvalue weighted by atomic mass is 9.68. The number of rotatable bonds is 0. The molecular formula is C10H20N2. The highest BCUT2D eigenvalue weighted by molar-refractivity contribution is 4.93. The van der Waals surface area contributed by atoms with Gasteiger partial charge in [0.05, 0.1) is 0 Å². The molecule has 0 aromatic carbocycles. The average Bonchev–Trinajstić information content (AvgIpc) is 2.12. The summed E-state index contributed by atoms with van der Waals surface area (Å²) in [6, 6.07) is 0. The molecule has 70 valence electrons. The lowest BCUT2D eigenvalue weighted by molar-refractivity contribution is 0.0893. The van der Waals surface area contributed by atoms with Gasteiger partial charge in [-0.25, -0.2) is 0 Å². The van der Waals surface area contributed by atoms with Gasteiger partial charge in [-0.15, -0.1) is 0 Å². The molecule has 2 N–H and O–H groups in total. The zero-order valence-electron chi connectivity index (χ0n) is 8.03. The van der Waals surface area contributed by atoms with Crippen molar-refractivity contribution in [2.24, 2.45) is 11.3 Å². The maximum Gasteiger partial charge on any atom is 0.00226 e. The van der Waals surface area contributed by atoms with Gasteiger partial charge in [-0.3, -0.25) is 0 Å². The van der Waals surface area contributed by atoms with E-state index in [1.54, 1.807) is 0 Å². The van der Waals surface area contributed by atoms with Crippen molar-refractivity contribution < 1.29 is 0 Å². The summed E-state index contributed by atoms with van der Waals surface area (Å²) in [4.78, 5) is 0. The van der Waals surface area contributed by atoms with E-state index < -0.39 is 0 Å². The Morgan fingerprint density at radius 3 is 2.50 bits per heavy atom. The largest absolute Gasteiger partial charge is 0.316 e. The molecule has 2 rings (SSSR count). The van der Waals surface area contributed by atoms with Gasteiger partial charge in [-0.1, -0.05) is 6.92 Å². The summed E-state index contributed by atoms with van der Waals surface area (Å²) in [5.41, 5.74) is 0.594. The number of nitrogens with one attached hydrogen (secondary N) is 2. The Morgan fingerprint density at radius 1 is 1.17 bits per heavy atom. The number of hydrogen-bond acceptors (Lipinski definition) is 2. The normalized spacial score (nSPS) is 43.2. The summed E-state index contributed by atoms with van der Waals surface area (Å²) in [7, 11) is 0. The first kappa shape index (κ1) is 8.52. The highest BCUT2D eigenvalue weighted by atomic mass is 15.0. The molecular weight excluding hydrogens is 148 g/mol. The molecule has 0 amide bonds. The highest BCUT2D eigenvalue weighted by Crippen LogP contribution is 2.37. The standard InChI is InChI=1S/C10H20N2/c1-9-3-6-12-8-10(9)4-2-5-11-7-10/h9,11-12H,2-8H2,1H3/t9-,10+/m0/s1. The van der Waals surface area contributed by atoms with Crippen LogP contribution in [-0.2, 0) is 0 Å². The van der Waals surface area contributed by atoms with Crippen molar-refractivity contribution in [3.8, 4) is 0 Å². The maximum atomic E-state index is 3.54. The van der Waals surface area contributed by atoms with Crippen molar-refractivity contribution in [3.05, 3.63) is 0 Å². The third-order valence-corrected chi connectivity index (χ3v) is 3.78. The van der Waals surface area contributed by atoms with E-state index in [-0.39, 0.29) is 0 Å². The number of piperidine rings is 2. The van der Waals surface area contributed by atoms with E-state index >= 15 is 0 Å². The quantitative estimate of drug-likeness (QED) is 0.563. The van der Waals surface area contributed by atoms with Gasteiger partial charge in [0.15, 0.2) is 0 Å². The Balaban J connectivity index is 2.04. The molecule has 2 fully saturated rings. The van der Waals surface area contributed by atoms with E-state index in [1.807, 2.05) is 0 Å². The SMILES string of the molecule is C[C@H]1CCNC[C@]12CCCNC2. The van der Waals surface area contributed by atoms with Crippen LogP contribution >= 0.6 is 0 Å². The van der Waals surface area contributed by atoms with E-state index in [1.165, 1.54) is 45.4 Å². The van der Waals surface area contributed by atoms with Crippen LogP contribution in [0.5, 0.6) is 0 Å². The van der Waals surface area contributed by atoms with Crippen molar-refractivity contribution >= 4 is 0 Å². The van der Waals surface area contributed by atoms with Crippen molar-refractivity contribution in [2.75, 3.05) is 26.2 Å². The van der Waals surface area contributed by atoms with E-state index in [0.29, 0.717) is 5.41 Å². The Labute approximate surface area is 75.1 Å². The molecule has 0 aliphatic carbocycles. The second kappa shape index (κ2) is 3.35. The van der Waals surface area contributed by atoms with Crippen LogP contribution in [0.25, 0.3) is 0 Å². The van der Waals surface area contributed by atoms with Crippen LogP contribution in [0.2, 0.25) is 0 Å². The molecule has 0 radical (unpaired) electrons. The van der Waals surface area contributed by atoms with Crippen LogP contribution in [0.3, 0.4) is 0 Å². The van der Waals surface area contributed by atoms with Gasteiger partial charge < -0.3 is 10.6 Å². The van der Waals surface area contributed by atoms with Gasteiger partial charge in [0.1, 0.15) is 0 Å². The van der Waals surface area contributed by atoms with Crippen molar-refractivity contribution in [3.63, 3.8) is 0 Å². The Kier molecular flexibility index (Phi) is 2.37. The van der Waals surface area contributed by atoms with Gasteiger partial charge in [-0.2, -0.15) is 0 Å². The average molecular weight is 168 g/mol. The first-order chi connectivity index (χ1) is 5.83. The second-order valence-electron chi connectivity index (χ2n) is 4.51. The van der Waals surface area contributed by atoms with Crippen molar-refractivity contribution in [1.82, 2.24) is 10.6 Å². The first-order valence-electron chi connectivity index (χ1n) is 5.25. The predicted octanol–water partition coefficient (Wildman–Crippen LogP) is 0.986.